The quantitative estimate of drug-likeness (QED) is 0.139. The second kappa shape index (κ2) is 22.7. The van der Waals surface area contributed by atoms with E-state index in [0.717, 1.165) is 0 Å². The molecular formula is C41H79N2O4PtSi6-. The summed E-state index contributed by atoms with van der Waals surface area (Å²) in [6.07, 6.45) is 4.43. The molecule has 1 aliphatic heterocycles. The molecule has 2 aromatic rings. The van der Waals surface area contributed by atoms with Crippen LogP contribution in [0.15, 0.2) is 48.8 Å². The fourth-order valence-corrected chi connectivity index (χ4v) is 20.9. The summed E-state index contributed by atoms with van der Waals surface area (Å²) < 4.78 is 23.5. The van der Waals surface area contributed by atoms with E-state index in [-0.39, 0.29) is 21.1 Å². The zero-order chi connectivity index (χ0) is 41.3. The summed E-state index contributed by atoms with van der Waals surface area (Å²) in [5, 5.41) is 0. The van der Waals surface area contributed by atoms with Crippen LogP contribution in [0.25, 0.3) is 0 Å². The van der Waals surface area contributed by atoms with Crippen molar-refractivity contribution < 1.29 is 37.5 Å². The SMILES string of the molecule is CC(C)c1cccc(C(C)C)c1N1C=CN(c2c(C(C)C)cccc2C(C)C)[CH-]1.C[Si](O[Si](C)(C)C)O[Si](C)(C)C.C[Si](O[Si](C)(C)C)O[Si](C)(C)C.[Pt]. The molecule has 13 heteroatoms. The first-order chi connectivity index (χ1) is 23.9. The Labute approximate surface area is 356 Å². The maximum absolute atomic E-state index is 5.87. The number of nitrogens with zero attached hydrogens (tertiary/aromatic N) is 2. The number of para-hydroxylation sites is 2. The van der Waals surface area contributed by atoms with Crippen molar-refractivity contribution in [1.29, 1.82) is 0 Å². The molecule has 0 saturated carbocycles. The smallest absolute Gasteiger partial charge is 0.359 e. The third-order valence-corrected chi connectivity index (χ3v) is 22.0. The Morgan fingerprint density at radius 3 is 0.815 bits per heavy atom. The molecule has 2 aromatic carbocycles. The van der Waals surface area contributed by atoms with E-state index >= 15 is 0 Å². The van der Waals surface area contributed by atoms with Crippen LogP contribution in [0.3, 0.4) is 0 Å². The van der Waals surface area contributed by atoms with Gasteiger partial charge in [0.15, 0.2) is 33.3 Å². The van der Waals surface area contributed by atoms with Gasteiger partial charge >= 0.3 is 18.6 Å². The molecule has 0 amide bonds. The Balaban J connectivity index is 0.000000935. The van der Waals surface area contributed by atoms with Crippen LogP contribution in [0, 0.1) is 6.67 Å². The topological polar surface area (TPSA) is 43.4 Å². The maximum Gasteiger partial charge on any atom is 0.359 e. The van der Waals surface area contributed by atoms with Crippen molar-refractivity contribution in [3.63, 3.8) is 0 Å². The van der Waals surface area contributed by atoms with E-state index in [1.54, 1.807) is 0 Å². The van der Waals surface area contributed by atoms with Gasteiger partial charge in [-0.2, -0.15) is 0 Å². The molecule has 0 fully saturated rings. The van der Waals surface area contributed by atoms with Crippen molar-refractivity contribution in [2.24, 2.45) is 0 Å². The van der Waals surface area contributed by atoms with E-state index in [9.17, 15) is 0 Å². The van der Waals surface area contributed by atoms with Crippen LogP contribution in [0.2, 0.25) is 91.7 Å². The zero-order valence-corrected chi connectivity index (χ0v) is 46.6. The average Bonchev–Trinajstić information content (AvgIpc) is 3.42. The molecule has 54 heavy (non-hydrogen) atoms. The van der Waals surface area contributed by atoms with Crippen molar-refractivity contribution in [3.05, 3.63) is 77.7 Å². The summed E-state index contributed by atoms with van der Waals surface area (Å²) in [6.45, 7) is 51.2. The van der Waals surface area contributed by atoms with Crippen molar-refractivity contribution in [3.8, 4) is 0 Å². The van der Waals surface area contributed by atoms with E-state index in [0.29, 0.717) is 23.7 Å². The Hall–Kier alpha value is -0.390. The number of anilines is 2. The minimum atomic E-state index is -1.38. The summed E-state index contributed by atoms with van der Waals surface area (Å²) in [4.78, 5) is 4.65. The molecule has 0 atom stereocenters. The monoisotopic (exact) mass is 1030 g/mol. The van der Waals surface area contributed by atoms with Gasteiger partial charge in [-0.1, -0.05) is 91.8 Å². The Kier molecular flexibility index (Phi) is 22.5. The zero-order valence-electron chi connectivity index (χ0n) is 38.3. The van der Waals surface area contributed by atoms with Crippen LogP contribution < -0.4 is 9.80 Å². The average molecular weight is 1030 g/mol. The molecule has 0 saturated heterocycles. The van der Waals surface area contributed by atoms with Gasteiger partial charge in [0.1, 0.15) is 0 Å². The van der Waals surface area contributed by atoms with Gasteiger partial charge in [0.25, 0.3) is 0 Å². The number of benzene rings is 2. The summed E-state index contributed by atoms with van der Waals surface area (Å²) in [5.41, 5.74) is 8.29. The molecule has 1 aliphatic rings. The summed E-state index contributed by atoms with van der Waals surface area (Å²) in [5.74, 6) is 1.92. The van der Waals surface area contributed by atoms with Gasteiger partial charge in [0.2, 0.25) is 0 Å². The van der Waals surface area contributed by atoms with E-state index in [1.807, 2.05) is 0 Å². The molecule has 0 bridgehead atoms. The summed E-state index contributed by atoms with van der Waals surface area (Å²) >= 11 is 0. The van der Waals surface area contributed by atoms with Gasteiger partial charge in [0, 0.05) is 32.4 Å². The van der Waals surface area contributed by atoms with Crippen LogP contribution in [0.1, 0.15) is 101 Å². The van der Waals surface area contributed by atoms with E-state index in [1.165, 1.54) is 33.6 Å². The number of rotatable bonds is 14. The molecule has 0 aliphatic carbocycles. The predicted molar refractivity (Wildman–Crippen MR) is 249 cm³/mol. The molecular weight excluding hydrogens is 948 g/mol. The number of hydrogen-bond donors (Lipinski definition) is 0. The minimum absolute atomic E-state index is 0. The van der Waals surface area contributed by atoms with Crippen molar-refractivity contribution in [2.75, 3.05) is 9.80 Å². The molecule has 0 unspecified atom stereocenters. The normalized spacial score (nSPS) is 13.9. The van der Waals surface area contributed by atoms with Crippen LogP contribution in [-0.4, -0.2) is 51.8 Å². The van der Waals surface area contributed by atoms with Gasteiger partial charge in [-0.25, -0.2) is 0 Å². The van der Waals surface area contributed by atoms with Gasteiger partial charge < -0.3 is 26.3 Å². The Morgan fingerprint density at radius 1 is 0.444 bits per heavy atom. The van der Waals surface area contributed by atoms with Crippen LogP contribution in [-0.2, 0) is 37.5 Å². The van der Waals surface area contributed by atoms with Crippen molar-refractivity contribution in [1.82, 2.24) is 0 Å². The molecule has 2 radical (unpaired) electrons. The first-order valence-electron chi connectivity index (χ1n) is 19.7. The Bertz CT molecular complexity index is 1240. The third kappa shape index (κ3) is 20.3. The first-order valence-corrected chi connectivity index (χ1v) is 37.0. The molecule has 0 spiro atoms. The minimum Gasteiger partial charge on any atom is -0.479 e. The van der Waals surface area contributed by atoms with Gasteiger partial charge in [-0.3, -0.25) is 0 Å². The maximum atomic E-state index is 5.87. The van der Waals surface area contributed by atoms with Gasteiger partial charge in [0.05, 0.1) is 0 Å². The molecule has 312 valence electrons. The van der Waals surface area contributed by atoms with Crippen LogP contribution >= 0.6 is 0 Å². The Morgan fingerprint density at radius 2 is 0.648 bits per heavy atom. The van der Waals surface area contributed by atoms with Crippen molar-refractivity contribution in [2.45, 2.75) is 171 Å². The second-order valence-electron chi connectivity index (χ2n) is 19.3. The molecule has 6 nitrogen and oxygen atoms in total. The summed E-state index contributed by atoms with van der Waals surface area (Å²) in [6, 6.07) is 13.5. The van der Waals surface area contributed by atoms with E-state index in [4.69, 9.17) is 16.5 Å². The molecule has 1 heterocycles. The fraction of sp³-hybridized carbons (Fsp3) is 0.634. The predicted octanol–water partition coefficient (Wildman–Crippen LogP) is 13.7. The van der Waals surface area contributed by atoms with E-state index < -0.39 is 51.8 Å². The fourth-order valence-electron chi connectivity index (χ4n) is 6.01. The second-order valence-corrected chi connectivity index (χ2v) is 41.4. The molecule has 3 rings (SSSR count). The largest absolute Gasteiger partial charge is 0.479 e. The van der Waals surface area contributed by atoms with Gasteiger partial charge in [-0.05, 0) is 150 Å². The number of hydrogen-bond acceptors (Lipinski definition) is 6. The third-order valence-electron chi connectivity index (χ3n) is 7.64. The van der Waals surface area contributed by atoms with Crippen molar-refractivity contribution >= 4 is 63.2 Å². The standard InChI is InChI=1S/C27H37N2.2C7H21O2Si3.Pt/c1-18(2)22-11-9-12-23(19(3)4)26(22)28-15-16-29(17-28)27-24(20(5)6)13-10-14-25(27)21(7)8;2*1-10(8-11(2,3)4)9-12(5,6)7;/h9-21H,1-8H3;2*1-7H3;/q-1;;;. The van der Waals surface area contributed by atoms with Crippen LogP contribution in [0.5, 0.6) is 0 Å². The van der Waals surface area contributed by atoms with Gasteiger partial charge in [-0.15, -0.1) is 6.67 Å². The van der Waals surface area contributed by atoms with Crippen LogP contribution in [0.4, 0.5) is 11.4 Å². The van der Waals surface area contributed by atoms with E-state index in [2.05, 4.69) is 212 Å². The first kappa shape index (κ1) is 53.6. The summed E-state index contributed by atoms with van der Waals surface area (Å²) in [7, 11) is -7.47. The molecule has 0 aromatic heterocycles. The molecule has 0 N–H and O–H groups in total.